The van der Waals surface area contributed by atoms with Crippen LogP contribution in [0.1, 0.15) is 46.5 Å². The normalized spacial score (nSPS) is 36.2. The van der Waals surface area contributed by atoms with Gasteiger partial charge in [0.2, 0.25) is 0 Å². The Labute approximate surface area is 100 Å². The summed E-state index contributed by atoms with van der Waals surface area (Å²) in [5.74, 6) is 7.79. The molecule has 2 aliphatic rings. The molecule has 0 saturated heterocycles. The van der Waals surface area contributed by atoms with Crippen LogP contribution in [0.4, 0.5) is 0 Å². The fourth-order valence-corrected chi connectivity index (χ4v) is 3.36. The molecule has 2 fully saturated rings. The summed E-state index contributed by atoms with van der Waals surface area (Å²) >= 11 is 0. The van der Waals surface area contributed by atoms with Gasteiger partial charge < -0.3 is 0 Å². The van der Waals surface area contributed by atoms with Gasteiger partial charge in [0, 0.05) is 7.05 Å². The predicted molar refractivity (Wildman–Crippen MR) is 69.8 cm³/mol. The summed E-state index contributed by atoms with van der Waals surface area (Å²) in [6.45, 7) is 7.01. The molecule has 0 aromatic heterocycles. The Morgan fingerprint density at radius 2 is 2.06 bits per heavy atom. The molecule has 2 aliphatic carbocycles. The van der Waals surface area contributed by atoms with Gasteiger partial charge in [0.25, 0.3) is 0 Å². The van der Waals surface area contributed by atoms with Crippen molar-refractivity contribution in [2.24, 2.45) is 34.6 Å². The van der Waals surface area contributed by atoms with Gasteiger partial charge in [0.05, 0.1) is 0 Å². The van der Waals surface area contributed by atoms with Crippen molar-refractivity contribution in [1.82, 2.24) is 0 Å². The number of aliphatic imine (C=N–C) groups is 1. The van der Waals surface area contributed by atoms with Crippen LogP contribution in [0.3, 0.4) is 0 Å². The highest BCUT2D eigenvalue weighted by molar-refractivity contribution is 5.66. The molecule has 1 nitrogen and oxygen atoms in total. The standard InChI is InChI=1S/C15H25N/c1-5-11(6-2)7-12-8-13(12)15-10(3)14(15)9-16-4/h10-13,15H,5-8H2,1-4H3/t10?,12-,13?,15?/m0/s1. The van der Waals surface area contributed by atoms with E-state index in [0.29, 0.717) is 0 Å². The molecule has 0 aromatic rings. The second kappa shape index (κ2) is 4.75. The van der Waals surface area contributed by atoms with E-state index < -0.39 is 0 Å². The zero-order valence-electron chi connectivity index (χ0n) is 11.2. The van der Waals surface area contributed by atoms with Crippen molar-refractivity contribution in [3.05, 3.63) is 5.57 Å². The number of hydrogen-bond donors (Lipinski definition) is 0. The van der Waals surface area contributed by atoms with Crippen molar-refractivity contribution in [1.29, 1.82) is 0 Å². The first-order chi connectivity index (χ1) is 7.72. The van der Waals surface area contributed by atoms with Gasteiger partial charge in [-0.2, -0.15) is 0 Å². The van der Waals surface area contributed by atoms with Gasteiger partial charge >= 0.3 is 0 Å². The molecule has 2 saturated carbocycles. The monoisotopic (exact) mass is 219 g/mol. The minimum atomic E-state index is 0.778. The molecule has 1 heteroatoms. The van der Waals surface area contributed by atoms with E-state index in [0.717, 1.165) is 29.6 Å². The Kier molecular flexibility index (Phi) is 3.54. The van der Waals surface area contributed by atoms with Gasteiger partial charge in [0.1, 0.15) is 0 Å². The molecular weight excluding hydrogens is 194 g/mol. The van der Waals surface area contributed by atoms with Crippen LogP contribution in [0.5, 0.6) is 0 Å². The lowest BCUT2D eigenvalue weighted by atomic mass is 9.95. The van der Waals surface area contributed by atoms with E-state index in [9.17, 15) is 0 Å². The van der Waals surface area contributed by atoms with Crippen molar-refractivity contribution >= 4 is 5.87 Å². The molecule has 0 aliphatic heterocycles. The highest BCUT2D eigenvalue weighted by Gasteiger charge is 2.55. The topological polar surface area (TPSA) is 12.4 Å². The van der Waals surface area contributed by atoms with Gasteiger partial charge in [-0.1, -0.05) is 33.6 Å². The fourth-order valence-electron chi connectivity index (χ4n) is 3.36. The van der Waals surface area contributed by atoms with Crippen molar-refractivity contribution in [2.75, 3.05) is 7.05 Å². The van der Waals surface area contributed by atoms with Gasteiger partial charge in [-0.3, -0.25) is 0 Å². The van der Waals surface area contributed by atoms with Crippen LogP contribution in [0, 0.1) is 29.6 Å². The molecule has 0 aromatic carbocycles. The van der Waals surface area contributed by atoms with Gasteiger partial charge in [-0.25, -0.2) is 4.99 Å². The minimum Gasteiger partial charge on any atom is -0.246 e. The van der Waals surface area contributed by atoms with E-state index in [-0.39, 0.29) is 0 Å². The summed E-state index contributed by atoms with van der Waals surface area (Å²) in [5.41, 5.74) is 1.50. The highest BCUT2D eigenvalue weighted by atomic mass is 14.7. The Balaban J connectivity index is 1.82. The SMILES string of the molecule is CCC(CC)C[C@H]1CC1C1C(=C=NC)C1C. The summed E-state index contributed by atoms with van der Waals surface area (Å²) < 4.78 is 0. The van der Waals surface area contributed by atoms with E-state index in [1.54, 1.807) is 0 Å². The Morgan fingerprint density at radius 1 is 1.38 bits per heavy atom. The minimum absolute atomic E-state index is 0.778. The lowest BCUT2D eigenvalue weighted by Crippen LogP contribution is -1.99. The third-order valence-electron chi connectivity index (χ3n) is 4.75. The first-order valence-corrected chi connectivity index (χ1v) is 6.94. The van der Waals surface area contributed by atoms with Gasteiger partial charge in [-0.15, -0.1) is 0 Å². The molecule has 0 N–H and O–H groups in total. The molecule has 0 amide bonds. The fraction of sp³-hybridized carbons (Fsp3) is 0.867. The number of rotatable bonds is 5. The van der Waals surface area contributed by atoms with Crippen LogP contribution in [0.15, 0.2) is 10.6 Å². The van der Waals surface area contributed by atoms with E-state index in [1.807, 2.05) is 7.05 Å². The maximum Gasteiger partial charge on any atom is 0.0372 e. The summed E-state index contributed by atoms with van der Waals surface area (Å²) in [6, 6.07) is 0. The molecule has 0 radical (unpaired) electrons. The average molecular weight is 219 g/mol. The quantitative estimate of drug-likeness (QED) is 0.621. The van der Waals surface area contributed by atoms with Crippen LogP contribution in [0.2, 0.25) is 0 Å². The molecule has 2 rings (SSSR count). The van der Waals surface area contributed by atoms with Crippen molar-refractivity contribution in [3.63, 3.8) is 0 Å². The summed E-state index contributed by atoms with van der Waals surface area (Å²) in [7, 11) is 1.84. The molecule has 0 heterocycles. The Morgan fingerprint density at radius 3 is 2.62 bits per heavy atom. The molecule has 16 heavy (non-hydrogen) atoms. The Bertz CT molecular complexity index is 307. The smallest absolute Gasteiger partial charge is 0.0372 e. The second-order valence-electron chi connectivity index (χ2n) is 5.68. The molecule has 3 unspecified atom stereocenters. The third kappa shape index (κ3) is 2.25. The maximum absolute atomic E-state index is 4.04. The van der Waals surface area contributed by atoms with Gasteiger partial charge in [0.15, 0.2) is 0 Å². The number of hydrogen-bond acceptors (Lipinski definition) is 1. The third-order valence-corrected chi connectivity index (χ3v) is 4.75. The maximum atomic E-state index is 4.04. The molecule has 4 atom stereocenters. The first kappa shape index (κ1) is 11.9. The molecule has 0 spiro atoms. The van der Waals surface area contributed by atoms with Crippen LogP contribution >= 0.6 is 0 Å². The first-order valence-electron chi connectivity index (χ1n) is 6.94. The zero-order chi connectivity index (χ0) is 11.7. The molecular formula is C15H25N. The van der Waals surface area contributed by atoms with Crippen LogP contribution in [-0.4, -0.2) is 12.9 Å². The number of allylic oxidation sites excluding steroid dienone is 1. The van der Waals surface area contributed by atoms with E-state index >= 15 is 0 Å². The van der Waals surface area contributed by atoms with E-state index in [4.69, 9.17) is 0 Å². The van der Waals surface area contributed by atoms with Gasteiger partial charge in [-0.05, 0) is 53.9 Å². The summed E-state index contributed by atoms with van der Waals surface area (Å²) in [5, 5.41) is 0. The van der Waals surface area contributed by atoms with Crippen LogP contribution < -0.4 is 0 Å². The Hall–Kier alpha value is -0.550. The largest absolute Gasteiger partial charge is 0.246 e. The molecule has 90 valence electrons. The molecule has 0 bridgehead atoms. The van der Waals surface area contributed by atoms with Crippen molar-refractivity contribution < 1.29 is 0 Å². The van der Waals surface area contributed by atoms with Crippen LogP contribution in [-0.2, 0) is 0 Å². The average Bonchev–Trinajstić information content (AvgIpc) is 3.15. The predicted octanol–water partition coefficient (Wildman–Crippen LogP) is 3.94. The number of nitrogens with zero attached hydrogens (tertiary/aromatic N) is 1. The van der Waals surface area contributed by atoms with Crippen molar-refractivity contribution in [2.45, 2.75) is 46.5 Å². The van der Waals surface area contributed by atoms with E-state index in [1.165, 1.54) is 31.3 Å². The lowest BCUT2D eigenvalue weighted by molar-refractivity contribution is 0.408. The summed E-state index contributed by atoms with van der Waals surface area (Å²) in [6.07, 6.45) is 5.66. The van der Waals surface area contributed by atoms with Crippen LogP contribution in [0.25, 0.3) is 0 Å². The second-order valence-corrected chi connectivity index (χ2v) is 5.68. The zero-order valence-corrected chi connectivity index (χ0v) is 11.2. The lowest BCUT2D eigenvalue weighted by Gasteiger charge is -2.11. The van der Waals surface area contributed by atoms with Crippen molar-refractivity contribution in [3.8, 4) is 0 Å². The highest BCUT2D eigenvalue weighted by Crippen LogP contribution is 2.61. The van der Waals surface area contributed by atoms with E-state index in [2.05, 4.69) is 31.6 Å². The summed E-state index contributed by atoms with van der Waals surface area (Å²) in [4.78, 5) is 4.04.